The van der Waals surface area contributed by atoms with Crippen LogP contribution in [-0.4, -0.2) is 53.5 Å². The zero-order chi connectivity index (χ0) is 24.8. The number of carboxylic acid groups (broad SMARTS) is 2. The summed E-state index contributed by atoms with van der Waals surface area (Å²) in [6.07, 6.45) is 1.12. The van der Waals surface area contributed by atoms with Gasteiger partial charge in [-0.05, 0) is 30.8 Å². The standard InChI is InChI=1S/C23H22N2O2.C4H4O4/c1-24-13-14-26-20-11-6-10-18-22(20)17-9-5-12-21-23(17)25(18)19(15-27-21)16-7-3-2-4-8-16;5-3(6)1-2-4(7)8/h2-12,19,24H,13-15H2,1H3;1-2H,(H,5,6)(H,7,8). The number of rotatable bonds is 7. The fraction of sp³-hybridized carbons (Fsp3) is 0.185. The van der Waals surface area contributed by atoms with Crippen molar-refractivity contribution in [3.05, 3.63) is 84.4 Å². The molecule has 1 unspecified atom stereocenters. The number of hydrogen-bond donors (Lipinski definition) is 3. The zero-order valence-electron chi connectivity index (χ0n) is 19.2. The van der Waals surface area contributed by atoms with Crippen molar-refractivity contribution in [2.45, 2.75) is 6.04 Å². The van der Waals surface area contributed by atoms with Gasteiger partial charge in [-0.1, -0.05) is 48.5 Å². The minimum absolute atomic E-state index is 0.147. The first-order valence-corrected chi connectivity index (χ1v) is 11.2. The van der Waals surface area contributed by atoms with Gasteiger partial charge in [0.25, 0.3) is 0 Å². The fourth-order valence-corrected chi connectivity index (χ4v) is 4.21. The molecule has 5 rings (SSSR count). The Hall–Kier alpha value is -4.30. The third kappa shape index (κ3) is 5.12. The molecule has 0 aliphatic carbocycles. The minimum atomic E-state index is -1.26. The van der Waals surface area contributed by atoms with Crippen LogP contribution in [0.1, 0.15) is 11.6 Å². The van der Waals surface area contributed by atoms with Crippen LogP contribution in [-0.2, 0) is 9.59 Å². The SMILES string of the molecule is CNCCOc1cccc2c1c1cccc3c1n2C(c1ccccc1)CO3.O=C(O)C=CC(=O)O. The summed E-state index contributed by atoms with van der Waals surface area (Å²) in [6, 6.07) is 23.3. The van der Waals surface area contributed by atoms with Crippen molar-refractivity contribution in [2.75, 3.05) is 26.8 Å². The van der Waals surface area contributed by atoms with Crippen molar-refractivity contribution in [3.63, 3.8) is 0 Å². The molecule has 0 saturated carbocycles. The molecule has 1 atom stereocenters. The first-order chi connectivity index (χ1) is 17.0. The van der Waals surface area contributed by atoms with E-state index in [4.69, 9.17) is 19.7 Å². The van der Waals surface area contributed by atoms with E-state index in [-0.39, 0.29) is 6.04 Å². The second kappa shape index (κ2) is 10.8. The molecule has 1 aromatic heterocycles. The van der Waals surface area contributed by atoms with Gasteiger partial charge in [-0.25, -0.2) is 9.59 Å². The predicted molar refractivity (Wildman–Crippen MR) is 133 cm³/mol. The van der Waals surface area contributed by atoms with Gasteiger partial charge in [0.15, 0.2) is 0 Å². The molecule has 8 nitrogen and oxygen atoms in total. The van der Waals surface area contributed by atoms with Crippen LogP contribution in [0.2, 0.25) is 0 Å². The maximum atomic E-state index is 9.55. The number of nitrogens with zero attached hydrogens (tertiary/aromatic N) is 1. The van der Waals surface area contributed by atoms with Gasteiger partial charge in [0.2, 0.25) is 0 Å². The third-order valence-corrected chi connectivity index (χ3v) is 5.64. The molecule has 180 valence electrons. The van der Waals surface area contributed by atoms with E-state index >= 15 is 0 Å². The highest BCUT2D eigenvalue weighted by atomic mass is 16.5. The molecule has 1 aliphatic heterocycles. The summed E-state index contributed by atoms with van der Waals surface area (Å²) in [4.78, 5) is 19.1. The molecule has 3 N–H and O–H groups in total. The number of carboxylic acids is 2. The normalized spacial score (nSPS) is 14.4. The van der Waals surface area contributed by atoms with Crippen molar-refractivity contribution >= 4 is 33.7 Å². The van der Waals surface area contributed by atoms with Crippen LogP contribution < -0.4 is 14.8 Å². The molecule has 35 heavy (non-hydrogen) atoms. The monoisotopic (exact) mass is 474 g/mol. The van der Waals surface area contributed by atoms with Gasteiger partial charge in [-0.3, -0.25) is 0 Å². The second-order valence-corrected chi connectivity index (χ2v) is 7.87. The average molecular weight is 475 g/mol. The lowest BCUT2D eigenvalue weighted by atomic mass is 10.1. The number of benzene rings is 3. The van der Waals surface area contributed by atoms with Crippen molar-refractivity contribution in [1.29, 1.82) is 0 Å². The van der Waals surface area contributed by atoms with Crippen LogP contribution in [0.3, 0.4) is 0 Å². The van der Waals surface area contributed by atoms with Gasteiger partial charge >= 0.3 is 11.9 Å². The Bertz CT molecular complexity index is 1360. The fourth-order valence-electron chi connectivity index (χ4n) is 4.21. The smallest absolute Gasteiger partial charge is 0.328 e. The van der Waals surface area contributed by atoms with Crippen LogP contribution in [0.25, 0.3) is 21.8 Å². The molecule has 3 aromatic carbocycles. The van der Waals surface area contributed by atoms with E-state index in [2.05, 4.69) is 76.6 Å². The predicted octanol–water partition coefficient (Wildman–Crippen LogP) is 4.09. The first-order valence-electron chi connectivity index (χ1n) is 11.2. The number of nitrogens with one attached hydrogen (secondary N) is 1. The first kappa shape index (κ1) is 23.8. The Labute approximate surface area is 202 Å². The zero-order valence-corrected chi connectivity index (χ0v) is 19.2. The largest absolute Gasteiger partial charge is 0.492 e. The molecule has 0 bridgehead atoms. The lowest BCUT2D eigenvalue weighted by molar-refractivity contribution is -0.134. The summed E-state index contributed by atoms with van der Waals surface area (Å²) >= 11 is 0. The van der Waals surface area contributed by atoms with Gasteiger partial charge in [0.05, 0.1) is 17.1 Å². The van der Waals surface area contributed by atoms with Gasteiger partial charge in [0, 0.05) is 29.5 Å². The Balaban J connectivity index is 0.000000314. The molecular formula is C27H26N2O6. The van der Waals surface area contributed by atoms with Crippen LogP contribution >= 0.6 is 0 Å². The quantitative estimate of drug-likeness (QED) is 0.273. The minimum Gasteiger partial charge on any atom is -0.492 e. The van der Waals surface area contributed by atoms with E-state index < -0.39 is 11.9 Å². The van der Waals surface area contributed by atoms with Gasteiger partial charge in [-0.15, -0.1) is 0 Å². The van der Waals surface area contributed by atoms with E-state index in [1.54, 1.807) is 0 Å². The number of aliphatic carboxylic acids is 2. The van der Waals surface area contributed by atoms with Crippen molar-refractivity contribution in [3.8, 4) is 11.5 Å². The van der Waals surface area contributed by atoms with Crippen LogP contribution in [0.4, 0.5) is 0 Å². The number of fused-ring (bicyclic) bond motifs is 3. The summed E-state index contributed by atoms with van der Waals surface area (Å²) in [5, 5.41) is 21.1. The Kier molecular flexibility index (Phi) is 7.32. The molecule has 0 spiro atoms. The number of carbonyl (C=O) groups is 2. The number of aromatic nitrogens is 1. The molecule has 0 amide bonds. The number of ether oxygens (including phenoxy) is 2. The number of likely N-dealkylation sites (N-methyl/N-ethyl adjacent to an activating group) is 1. The summed E-state index contributed by atoms with van der Waals surface area (Å²) in [6.45, 7) is 2.08. The summed E-state index contributed by atoms with van der Waals surface area (Å²) < 4.78 is 14.7. The molecule has 0 saturated heterocycles. The summed E-state index contributed by atoms with van der Waals surface area (Å²) in [5.41, 5.74) is 3.60. The molecule has 0 fully saturated rings. The Morgan fingerprint density at radius 3 is 2.43 bits per heavy atom. The molecular weight excluding hydrogens is 448 g/mol. The maximum Gasteiger partial charge on any atom is 0.328 e. The van der Waals surface area contributed by atoms with Crippen LogP contribution in [0, 0.1) is 0 Å². The molecule has 1 aliphatic rings. The average Bonchev–Trinajstić information content (AvgIpc) is 3.21. The molecule has 8 heteroatoms. The van der Waals surface area contributed by atoms with Crippen LogP contribution in [0.5, 0.6) is 11.5 Å². The number of para-hydroxylation sites is 1. The lowest BCUT2D eigenvalue weighted by Gasteiger charge is -2.27. The highest BCUT2D eigenvalue weighted by molar-refractivity contribution is 6.13. The summed E-state index contributed by atoms with van der Waals surface area (Å²) in [7, 11) is 1.94. The van der Waals surface area contributed by atoms with E-state index in [9.17, 15) is 9.59 Å². The van der Waals surface area contributed by atoms with Crippen molar-refractivity contribution in [2.24, 2.45) is 0 Å². The Morgan fingerprint density at radius 2 is 1.74 bits per heavy atom. The number of hydrogen-bond acceptors (Lipinski definition) is 5. The highest BCUT2D eigenvalue weighted by Crippen LogP contribution is 2.44. The lowest BCUT2D eigenvalue weighted by Crippen LogP contribution is -2.22. The maximum absolute atomic E-state index is 9.55. The molecule has 4 aromatic rings. The van der Waals surface area contributed by atoms with E-state index in [0.29, 0.717) is 25.4 Å². The third-order valence-electron chi connectivity index (χ3n) is 5.64. The van der Waals surface area contributed by atoms with E-state index in [1.807, 2.05) is 7.05 Å². The van der Waals surface area contributed by atoms with E-state index in [1.165, 1.54) is 16.5 Å². The van der Waals surface area contributed by atoms with Gasteiger partial charge < -0.3 is 29.6 Å². The Morgan fingerprint density at radius 1 is 1.03 bits per heavy atom. The topological polar surface area (TPSA) is 110 Å². The molecule has 0 radical (unpaired) electrons. The summed E-state index contributed by atoms with van der Waals surface area (Å²) in [5.74, 6) is -0.644. The second-order valence-electron chi connectivity index (χ2n) is 7.87. The van der Waals surface area contributed by atoms with Gasteiger partial charge in [0.1, 0.15) is 24.7 Å². The van der Waals surface area contributed by atoms with Crippen molar-refractivity contribution < 1.29 is 29.3 Å². The van der Waals surface area contributed by atoms with E-state index in [0.717, 1.165) is 28.9 Å². The van der Waals surface area contributed by atoms with Crippen molar-refractivity contribution in [1.82, 2.24) is 9.88 Å². The van der Waals surface area contributed by atoms with Gasteiger partial charge in [-0.2, -0.15) is 0 Å². The molecule has 2 heterocycles. The highest BCUT2D eigenvalue weighted by Gasteiger charge is 2.28. The van der Waals surface area contributed by atoms with Crippen LogP contribution in [0.15, 0.2) is 78.9 Å².